The number of imide groups is 1. The molecule has 0 bridgehead atoms. The fourth-order valence-electron chi connectivity index (χ4n) is 2.99. The van der Waals surface area contributed by atoms with Crippen molar-refractivity contribution in [2.45, 2.75) is 44.9 Å². The Labute approximate surface area is 118 Å². The molecule has 1 heterocycles. The van der Waals surface area contributed by atoms with Gasteiger partial charge < -0.3 is 5.11 Å². The quantitative estimate of drug-likeness (QED) is 0.439. The van der Waals surface area contributed by atoms with E-state index < -0.39 is 5.97 Å². The minimum absolute atomic E-state index is 0.0186. The fourth-order valence-corrected chi connectivity index (χ4v) is 2.99. The fraction of sp³-hybridized carbons (Fsp3) is 0.667. The number of fused-ring (bicyclic) bond motifs is 1. The van der Waals surface area contributed by atoms with Crippen LogP contribution in [0.25, 0.3) is 0 Å². The second-order valence-corrected chi connectivity index (χ2v) is 5.54. The van der Waals surface area contributed by atoms with Crippen molar-refractivity contribution in [3.8, 4) is 0 Å². The molecule has 1 saturated heterocycles. The standard InChI is InChI=1S/C15H21NO4/c17-13(18)9-3-1-2-6-10-16-14(19)11-7-4-5-8-12(11)15(16)20/h4-5,11-12H,1-3,6-10H2,(H,17,18)/t11-,12+. The molecule has 0 radical (unpaired) electrons. The van der Waals surface area contributed by atoms with Gasteiger partial charge in [-0.2, -0.15) is 0 Å². The molecule has 5 nitrogen and oxygen atoms in total. The monoisotopic (exact) mass is 279 g/mol. The first-order valence-electron chi connectivity index (χ1n) is 7.33. The highest BCUT2D eigenvalue weighted by atomic mass is 16.4. The number of allylic oxidation sites excluding steroid dienone is 2. The Morgan fingerprint density at radius 1 is 1.05 bits per heavy atom. The molecule has 2 amide bonds. The number of rotatable bonds is 7. The number of likely N-dealkylation sites (tertiary alicyclic amines) is 1. The lowest BCUT2D eigenvalue weighted by Gasteiger charge is -2.14. The smallest absolute Gasteiger partial charge is 0.303 e. The lowest BCUT2D eigenvalue weighted by atomic mass is 9.85. The number of aliphatic carboxylic acids is 1. The topological polar surface area (TPSA) is 74.7 Å². The summed E-state index contributed by atoms with van der Waals surface area (Å²) in [6, 6.07) is 0. The molecule has 2 aliphatic rings. The van der Waals surface area contributed by atoms with E-state index in [4.69, 9.17) is 5.11 Å². The summed E-state index contributed by atoms with van der Waals surface area (Å²) in [7, 11) is 0. The molecule has 1 fully saturated rings. The Kier molecular flexibility index (Phi) is 4.93. The third-order valence-corrected chi connectivity index (χ3v) is 4.12. The predicted octanol–water partition coefficient (Wildman–Crippen LogP) is 1.97. The van der Waals surface area contributed by atoms with E-state index in [1.807, 2.05) is 12.2 Å². The Hall–Kier alpha value is -1.65. The molecule has 2 rings (SSSR count). The van der Waals surface area contributed by atoms with E-state index in [1.165, 1.54) is 4.90 Å². The van der Waals surface area contributed by atoms with Gasteiger partial charge in [0.25, 0.3) is 0 Å². The van der Waals surface area contributed by atoms with Gasteiger partial charge in [0.2, 0.25) is 11.8 Å². The maximum atomic E-state index is 12.2. The van der Waals surface area contributed by atoms with Crippen molar-refractivity contribution in [2.24, 2.45) is 11.8 Å². The Morgan fingerprint density at radius 3 is 2.15 bits per heavy atom. The lowest BCUT2D eigenvalue weighted by molar-refractivity contribution is -0.140. The highest BCUT2D eigenvalue weighted by Crippen LogP contribution is 2.35. The van der Waals surface area contributed by atoms with Crippen LogP contribution in [0.15, 0.2) is 12.2 Å². The van der Waals surface area contributed by atoms with Crippen LogP contribution in [0.2, 0.25) is 0 Å². The van der Waals surface area contributed by atoms with Crippen molar-refractivity contribution in [1.29, 1.82) is 0 Å². The number of unbranched alkanes of at least 4 members (excludes halogenated alkanes) is 3. The lowest BCUT2D eigenvalue weighted by Crippen LogP contribution is -2.32. The maximum Gasteiger partial charge on any atom is 0.303 e. The summed E-state index contributed by atoms with van der Waals surface area (Å²) in [5.41, 5.74) is 0. The molecule has 1 aliphatic heterocycles. The number of nitrogens with zero attached hydrogens (tertiary/aromatic N) is 1. The van der Waals surface area contributed by atoms with Crippen molar-refractivity contribution >= 4 is 17.8 Å². The van der Waals surface area contributed by atoms with E-state index in [1.54, 1.807) is 0 Å². The molecule has 0 spiro atoms. The molecular formula is C15H21NO4. The molecule has 110 valence electrons. The third kappa shape index (κ3) is 3.26. The molecule has 2 atom stereocenters. The van der Waals surface area contributed by atoms with Gasteiger partial charge in [-0.1, -0.05) is 25.0 Å². The van der Waals surface area contributed by atoms with Crippen LogP contribution in [0.1, 0.15) is 44.9 Å². The Morgan fingerprint density at radius 2 is 1.60 bits per heavy atom. The zero-order valence-electron chi connectivity index (χ0n) is 11.6. The summed E-state index contributed by atoms with van der Waals surface area (Å²) in [4.78, 5) is 36.1. The van der Waals surface area contributed by atoms with Crippen LogP contribution in [0.5, 0.6) is 0 Å². The first-order valence-corrected chi connectivity index (χ1v) is 7.33. The number of carbonyl (C=O) groups excluding carboxylic acids is 2. The van der Waals surface area contributed by atoms with Crippen molar-refractivity contribution < 1.29 is 19.5 Å². The summed E-state index contributed by atoms with van der Waals surface area (Å²) in [6.07, 6.45) is 8.65. The zero-order valence-corrected chi connectivity index (χ0v) is 11.6. The van der Waals surface area contributed by atoms with Crippen LogP contribution in [-0.4, -0.2) is 34.3 Å². The van der Waals surface area contributed by atoms with Crippen LogP contribution < -0.4 is 0 Å². The number of hydrogen-bond acceptors (Lipinski definition) is 3. The van der Waals surface area contributed by atoms with Gasteiger partial charge in [0.05, 0.1) is 11.8 Å². The van der Waals surface area contributed by atoms with Gasteiger partial charge >= 0.3 is 5.97 Å². The molecule has 0 unspecified atom stereocenters. The van der Waals surface area contributed by atoms with E-state index in [0.717, 1.165) is 19.3 Å². The first kappa shape index (κ1) is 14.8. The molecule has 1 N–H and O–H groups in total. The molecule has 0 aromatic heterocycles. The minimum Gasteiger partial charge on any atom is -0.481 e. The molecule has 1 aliphatic carbocycles. The van der Waals surface area contributed by atoms with Crippen molar-refractivity contribution in [3.63, 3.8) is 0 Å². The van der Waals surface area contributed by atoms with E-state index in [0.29, 0.717) is 25.8 Å². The van der Waals surface area contributed by atoms with E-state index in [9.17, 15) is 14.4 Å². The number of carbonyl (C=O) groups is 3. The molecule has 0 aromatic carbocycles. The largest absolute Gasteiger partial charge is 0.481 e. The summed E-state index contributed by atoms with van der Waals surface area (Å²) < 4.78 is 0. The highest BCUT2D eigenvalue weighted by molar-refractivity contribution is 6.05. The summed E-state index contributed by atoms with van der Waals surface area (Å²) in [6.45, 7) is 0.484. The molecule has 0 saturated carbocycles. The van der Waals surface area contributed by atoms with Crippen LogP contribution >= 0.6 is 0 Å². The molecule has 20 heavy (non-hydrogen) atoms. The van der Waals surface area contributed by atoms with Crippen molar-refractivity contribution in [3.05, 3.63) is 12.2 Å². The normalized spacial score (nSPS) is 25.1. The summed E-state index contributed by atoms with van der Waals surface area (Å²) >= 11 is 0. The zero-order chi connectivity index (χ0) is 14.5. The van der Waals surface area contributed by atoms with E-state index >= 15 is 0 Å². The SMILES string of the molecule is O=C(O)CCCCCCN1C(=O)[C@H]2CC=CC[C@H]2C1=O. The van der Waals surface area contributed by atoms with Gasteiger partial charge in [0.15, 0.2) is 0 Å². The number of carboxylic acids is 1. The van der Waals surface area contributed by atoms with Gasteiger partial charge in [-0.05, 0) is 25.7 Å². The second-order valence-electron chi connectivity index (χ2n) is 5.54. The highest BCUT2D eigenvalue weighted by Gasteiger charge is 2.46. The predicted molar refractivity (Wildman–Crippen MR) is 72.8 cm³/mol. The molecule has 5 heteroatoms. The minimum atomic E-state index is -0.772. The maximum absolute atomic E-state index is 12.2. The Bertz CT molecular complexity index is 404. The third-order valence-electron chi connectivity index (χ3n) is 4.12. The first-order chi connectivity index (χ1) is 9.61. The number of hydrogen-bond donors (Lipinski definition) is 1. The van der Waals surface area contributed by atoms with Crippen LogP contribution in [-0.2, 0) is 14.4 Å². The van der Waals surface area contributed by atoms with Crippen LogP contribution in [0.4, 0.5) is 0 Å². The summed E-state index contributed by atoms with van der Waals surface area (Å²) in [5.74, 6) is -1.09. The van der Waals surface area contributed by atoms with Gasteiger partial charge in [-0.25, -0.2) is 0 Å². The number of amides is 2. The second kappa shape index (κ2) is 6.68. The van der Waals surface area contributed by atoms with Crippen molar-refractivity contribution in [2.75, 3.05) is 6.54 Å². The van der Waals surface area contributed by atoms with Gasteiger partial charge in [-0.15, -0.1) is 0 Å². The van der Waals surface area contributed by atoms with Crippen LogP contribution in [0.3, 0.4) is 0 Å². The summed E-state index contributed by atoms with van der Waals surface area (Å²) in [5, 5.41) is 8.53. The molecular weight excluding hydrogens is 258 g/mol. The van der Waals surface area contributed by atoms with Crippen LogP contribution in [0, 0.1) is 11.8 Å². The van der Waals surface area contributed by atoms with Gasteiger partial charge in [0, 0.05) is 13.0 Å². The average molecular weight is 279 g/mol. The van der Waals surface area contributed by atoms with Gasteiger partial charge in [-0.3, -0.25) is 19.3 Å². The molecule has 0 aromatic rings. The van der Waals surface area contributed by atoms with E-state index in [-0.39, 0.29) is 30.1 Å². The van der Waals surface area contributed by atoms with E-state index in [2.05, 4.69) is 0 Å². The average Bonchev–Trinajstić information content (AvgIpc) is 2.67. The number of carboxylic acid groups (broad SMARTS) is 1. The van der Waals surface area contributed by atoms with Gasteiger partial charge in [0.1, 0.15) is 0 Å². The van der Waals surface area contributed by atoms with Crippen molar-refractivity contribution in [1.82, 2.24) is 4.90 Å². The Balaban J connectivity index is 1.72.